The van der Waals surface area contributed by atoms with Crippen molar-refractivity contribution in [2.24, 2.45) is 5.41 Å². The summed E-state index contributed by atoms with van der Waals surface area (Å²) in [4.78, 5) is 0. The average Bonchev–Trinajstić information content (AvgIpc) is 2.29. The number of hydrogen-bond donors (Lipinski definition) is 1. The van der Waals surface area contributed by atoms with Gasteiger partial charge in [0.2, 0.25) is 0 Å². The van der Waals surface area contributed by atoms with Crippen molar-refractivity contribution in [2.45, 2.75) is 59.9 Å². The zero-order valence-corrected chi connectivity index (χ0v) is 12.7. The highest BCUT2D eigenvalue weighted by atomic mass is 16.6. The van der Waals surface area contributed by atoms with Crippen molar-refractivity contribution < 1.29 is 19.3 Å². The van der Waals surface area contributed by atoms with Gasteiger partial charge >= 0.3 is 0 Å². The Morgan fingerprint density at radius 3 is 1.72 bits per heavy atom. The van der Waals surface area contributed by atoms with Crippen molar-refractivity contribution in [3.63, 3.8) is 0 Å². The van der Waals surface area contributed by atoms with Gasteiger partial charge in [0.15, 0.2) is 0 Å². The van der Waals surface area contributed by atoms with Crippen LogP contribution in [-0.2, 0) is 14.2 Å². The zero-order valence-electron chi connectivity index (χ0n) is 12.7. The predicted molar refractivity (Wildman–Crippen MR) is 72.8 cm³/mol. The third-order valence-electron chi connectivity index (χ3n) is 2.29. The molecule has 0 aromatic heterocycles. The molecule has 3 unspecified atom stereocenters. The second-order valence-electron chi connectivity index (χ2n) is 6.15. The summed E-state index contributed by atoms with van der Waals surface area (Å²) in [6.07, 6.45) is -0.0350. The van der Waals surface area contributed by atoms with Crippen molar-refractivity contribution in [3.05, 3.63) is 0 Å². The van der Waals surface area contributed by atoms with Crippen molar-refractivity contribution in [1.82, 2.24) is 0 Å². The Morgan fingerprint density at radius 2 is 1.28 bits per heavy atom. The lowest BCUT2D eigenvalue weighted by molar-refractivity contribution is -0.0818. The molecule has 0 aromatic rings. The minimum absolute atomic E-state index is 0.0136. The molecule has 0 spiro atoms. The molecule has 0 aliphatic heterocycles. The molecule has 3 atom stereocenters. The van der Waals surface area contributed by atoms with Gasteiger partial charge in [-0.1, -0.05) is 20.8 Å². The van der Waals surface area contributed by atoms with Crippen LogP contribution in [0.15, 0.2) is 0 Å². The molecule has 0 radical (unpaired) electrons. The topological polar surface area (TPSA) is 47.9 Å². The monoisotopic (exact) mass is 262 g/mol. The normalized spacial score (nSPS) is 17.5. The molecule has 0 bridgehead atoms. The van der Waals surface area contributed by atoms with Gasteiger partial charge in [-0.25, -0.2) is 0 Å². The minimum atomic E-state index is -0.134. The maximum atomic E-state index is 8.83. The van der Waals surface area contributed by atoms with Crippen LogP contribution in [0.1, 0.15) is 41.5 Å². The molecule has 0 saturated heterocycles. The molecule has 0 fully saturated rings. The van der Waals surface area contributed by atoms with Crippen LogP contribution in [0.2, 0.25) is 0 Å². The van der Waals surface area contributed by atoms with Crippen LogP contribution < -0.4 is 0 Å². The Labute approximate surface area is 112 Å². The Morgan fingerprint density at radius 1 is 0.833 bits per heavy atom. The Hall–Kier alpha value is -0.160. The number of hydrogen-bond acceptors (Lipinski definition) is 4. The van der Waals surface area contributed by atoms with Crippen molar-refractivity contribution in [2.75, 3.05) is 26.4 Å². The molecule has 18 heavy (non-hydrogen) atoms. The van der Waals surface area contributed by atoms with E-state index in [1.54, 1.807) is 0 Å². The van der Waals surface area contributed by atoms with Gasteiger partial charge in [0.1, 0.15) is 0 Å². The number of aliphatic hydroxyl groups is 1. The highest BCUT2D eigenvalue weighted by Gasteiger charge is 2.14. The van der Waals surface area contributed by atoms with Gasteiger partial charge in [-0.3, -0.25) is 0 Å². The first kappa shape index (κ1) is 17.8. The molecule has 0 saturated carbocycles. The average molecular weight is 262 g/mol. The van der Waals surface area contributed by atoms with Gasteiger partial charge in [-0.05, 0) is 26.2 Å². The van der Waals surface area contributed by atoms with Crippen LogP contribution in [0.5, 0.6) is 0 Å². The molecule has 4 nitrogen and oxygen atoms in total. The van der Waals surface area contributed by atoms with Crippen LogP contribution >= 0.6 is 0 Å². The van der Waals surface area contributed by atoms with E-state index in [0.717, 1.165) is 6.61 Å². The summed E-state index contributed by atoms with van der Waals surface area (Å²) in [6, 6.07) is 0. The van der Waals surface area contributed by atoms with Crippen molar-refractivity contribution >= 4 is 0 Å². The van der Waals surface area contributed by atoms with Gasteiger partial charge in [0.05, 0.1) is 44.7 Å². The molecule has 0 aromatic carbocycles. The summed E-state index contributed by atoms with van der Waals surface area (Å²) in [6.45, 7) is 14.1. The maximum Gasteiger partial charge on any atom is 0.0781 e. The smallest absolute Gasteiger partial charge is 0.0781 e. The zero-order chi connectivity index (χ0) is 14.2. The van der Waals surface area contributed by atoms with Crippen molar-refractivity contribution in [1.29, 1.82) is 0 Å². The summed E-state index contributed by atoms with van der Waals surface area (Å²) < 4.78 is 16.7. The lowest BCUT2D eigenvalue weighted by Gasteiger charge is -2.23. The van der Waals surface area contributed by atoms with Gasteiger partial charge in [0, 0.05) is 0 Å². The predicted octanol–water partition coefficient (Wildman–Crippen LogP) is 2.24. The summed E-state index contributed by atoms with van der Waals surface area (Å²) in [5, 5.41) is 8.83. The summed E-state index contributed by atoms with van der Waals surface area (Å²) in [5.41, 5.74) is 0.180. The molecular formula is C14H30O4. The van der Waals surface area contributed by atoms with E-state index in [9.17, 15) is 0 Å². The molecule has 0 aliphatic rings. The van der Waals surface area contributed by atoms with Gasteiger partial charge in [-0.15, -0.1) is 0 Å². The largest absolute Gasteiger partial charge is 0.394 e. The highest BCUT2D eigenvalue weighted by Crippen LogP contribution is 2.14. The van der Waals surface area contributed by atoms with E-state index in [0.29, 0.717) is 13.2 Å². The Bertz CT molecular complexity index is 200. The summed E-state index contributed by atoms with van der Waals surface area (Å²) in [5.74, 6) is 0. The summed E-state index contributed by atoms with van der Waals surface area (Å²) >= 11 is 0. The Kier molecular flexibility index (Phi) is 8.78. The molecule has 0 heterocycles. The molecule has 0 rings (SSSR count). The molecule has 110 valence electrons. The van der Waals surface area contributed by atoms with E-state index in [-0.39, 0.29) is 30.3 Å². The van der Waals surface area contributed by atoms with Crippen LogP contribution in [-0.4, -0.2) is 49.8 Å². The first-order valence-corrected chi connectivity index (χ1v) is 6.70. The second kappa shape index (κ2) is 8.86. The van der Waals surface area contributed by atoms with Crippen LogP contribution in [0, 0.1) is 5.41 Å². The van der Waals surface area contributed by atoms with Crippen LogP contribution in [0.25, 0.3) is 0 Å². The fraction of sp³-hybridized carbons (Fsp3) is 1.00. The first-order chi connectivity index (χ1) is 8.24. The van der Waals surface area contributed by atoms with Gasteiger partial charge in [-0.2, -0.15) is 0 Å². The molecule has 4 heteroatoms. The number of ether oxygens (including phenoxy) is 3. The Balaban J connectivity index is 3.62. The quantitative estimate of drug-likeness (QED) is 0.692. The highest BCUT2D eigenvalue weighted by molar-refractivity contribution is 4.61. The third kappa shape index (κ3) is 11.0. The van der Waals surface area contributed by atoms with E-state index < -0.39 is 0 Å². The number of aliphatic hydroxyl groups excluding tert-OH is 1. The van der Waals surface area contributed by atoms with E-state index in [2.05, 4.69) is 20.8 Å². The summed E-state index contributed by atoms with van der Waals surface area (Å²) in [7, 11) is 0. The van der Waals surface area contributed by atoms with E-state index >= 15 is 0 Å². The van der Waals surface area contributed by atoms with E-state index in [1.165, 1.54) is 0 Å². The van der Waals surface area contributed by atoms with Crippen molar-refractivity contribution in [3.8, 4) is 0 Å². The lowest BCUT2D eigenvalue weighted by atomic mass is 9.99. The van der Waals surface area contributed by atoms with Crippen LogP contribution in [0.4, 0.5) is 0 Å². The lowest BCUT2D eigenvalue weighted by Crippen LogP contribution is -2.28. The fourth-order valence-electron chi connectivity index (χ4n) is 1.14. The molecule has 0 aliphatic carbocycles. The van der Waals surface area contributed by atoms with E-state index in [1.807, 2.05) is 20.8 Å². The minimum Gasteiger partial charge on any atom is -0.394 e. The van der Waals surface area contributed by atoms with Gasteiger partial charge < -0.3 is 19.3 Å². The molecule has 0 amide bonds. The third-order valence-corrected chi connectivity index (χ3v) is 2.29. The van der Waals surface area contributed by atoms with E-state index in [4.69, 9.17) is 19.3 Å². The standard InChI is InChI=1S/C14H30O4/c1-11(7-15)16-8-12(2)17-9-13(3)18-10-14(4,5)6/h11-13,15H,7-10H2,1-6H3. The fourth-order valence-corrected chi connectivity index (χ4v) is 1.14. The molecular weight excluding hydrogens is 232 g/mol. The second-order valence-corrected chi connectivity index (χ2v) is 6.15. The van der Waals surface area contributed by atoms with Gasteiger partial charge in [0.25, 0.3) is 0 Å². The maximum absolute atomic E-state index is 8.83. The van der Waals surface area contributed by atoms with Crippen LogP contribution in [0.3, 0.4) is 0 Å². The first-order valence-electron chi connectivity index (χ1n) is 6.70. The SMILES string of the molecule is CC(CO)OCC(C)OCC(C)OCC(C)(C)C. The number of rotatable bonds is 9. The molecule has 1 N–H and O–H groups in total.